The predicted molar refractivity (Wildman–Crippen MR) is 112 cm³/mol. The lowest BCUT2D eigenvalue weighted by Crippen LogP contribution is -2.54. The summed E-state index contributed by atoms with van der Waals surface area (Å²) >= 11 is 1.40. The normalized spacial score (nSPS) is 14.8. The van der Waals surface area contributed by atoms with Gasteiger partial charge in [0.25, 0.3) is 11.8 Å². The Kier molecular flexibility index (Phi) is 6.89. The maximum absolute atomic E-state index is 13.9. The summed E-state index contributed by atoms with van der Waals surface area (Å²) in [6.07, 6.45) is 4.09. The third-order valence-corrected chi connectivity index (χ3v) is 7.59. The molecule has 7 nitrogen and oxygen atoms in total. The predicted octanol–water partition coefficient (Wildman–Crippen LogP) is 2.53. The smallest absolute Gasteiger partial charge is 0.271 e. The summed E-state index contributed by atoms with van der Waals surface area (Å²) in [5, 5.41) is 0. The van der Waals surface area contributed by atoms with E-state index in [1.54, 1.807) is 13.8 Å². The van der Waals surface area contributed by atoms with Crippen LogP contribution in [0.4, 0.5) is 4.39 Å². The Bertz CT molecular complexity index is 1030. The van der Waals surface area contributed by atoms with E-state index in [0.717, 1.165) is 37.8 Å². The second-order valence-electron chi connectivity index (χ2n) is 7.48. The number of nitrogens with one attached hydrogen (secondary N) is 3. The number of thiophene rings is 1. The van der Waals surface area contributed by atoms with Crippen LogP contribution in [0, 0.1) is 11.7 Å². The minimum atomic E-state index is -4.27. The van der Waals surface area contributed by atoms with Crippen molar-refractivity contribution >= 4 is 33.2 Å². The summed E-state index contributed by atoms with van der Waals surface area (Å²) < 4.78 is 41.2. The average Bonchev–Trinajstić information content (AvgIpc) is 3.14. The lowest BCUT2D eigenvalue weighted by Gasteiger charge is -2.21. The highest BCUT2D eigenvalue weighted by Gasteiger charge is 2.30. The van der Waals surface area contributed by atoms with Crippen LogP contribution in [-0.4, -0.2) is 26.3 Å². The molecule has 0 saturated heterocycles. The molecule has 3 rings (SSSR count). The third kappa shape index (κ3) is 5.05. The second-order valence-corrected chi connectivity index (χ2v) is 10.3. The molecule has 0 bridgehead atoms. The number of fused-ring (bicyclic) bond motifs is 1. The number of carbonyl (C=O) groups excluding carboxylic acids is 2. The molecule has 1 atom stereocenters. The number of hydrazine groups is 1. The van der Waals surface area contributed by atoms with Crippen LogP contribution in [0.5, 0.6) is 0 Å². The molecule has 0 saturated carbocycles. The summed E-state index contributed by atoms with van der Waals surface area (Å²) in [4.78, 5) is 26.1. The number of hydrogen-bond acceptors (Lipinski definition) is 5. The van der Waals surface area contributed by atoms with Crippen molar-refractivity contribution in [3.8, 4) is 0 Å². The van der Waals surface area contributed by atoms with Gasteiger partial charge in [-0.2, -0.15) is 4.72 Å². The highest BCUT2D eigenvalue weighted by Crippen LogP contribution is 2.29. The van der Waals surface area contributed by atoms with Gasteiger partial charge in [0.1, 0.15) is 16.8 Å². The number of hydrogen-bond donors (Lipinski definition) is 3. The molecule has 1 aliphatic rings. The topological polar surface area (TPSA) is 104 Å². The zero-order chi connectivity index (χ0) is 21.9. The fourth-order valence-electron chi connectivity index (χ4n) is 3.25. The van der Waals surface area contributed by atoms with Gasteiger partial charge in [-0.05, 0) is 55.4 Å². The molecule has 30 heavy (non-hydrogen) atoms. The first-order valence-corrected chi connectivity index (χ1v) is 12.0. The third-order valence-electron chi connectivity index (χ3n) is 4.88. The van der Waals surface area contributed by atoms with E-state index < -0.39 is 44.5 Å². The molecule has 0 spiro atoms. The SMILES string of the molecule is CC(C)[C@H](NS(=O)(=O)c1ccccc1F)C(=O)NNC(=O)c1cc2c(s1)CCCC2. The van der Waals surface area contributed by atoms with E-state index in [4.69, 9.17) is 0 Å². The van der Waals surface area contributed by atoms with Crippen LogP contribution < -0.4 is 15.6 Å². The number of halogens is 1. The van der Waals surface area contributed by atoms with Gasteiger partial charge in [0.05, 0.1) is 4.88 Å². The van der Waals surface area contributed by atoms with E-state index in [1.807, 2.05) is 6.07 Å². The Morgan fingerprint density at radius 3 is 2.47 bits per heavy atom. The molecule has 3 N–H and O–H groups in total. The molecule has 162 valence electrons. The number of sulfonamides is 1. The van der Waals surface area contributed by atoms with Gasteiger partial charge in [-0.15, -0.1) is 11.3 Å². The molecule has 0 unspecified atom stereocenters. The molecule has 0 radical (unpaired) electrons. The van der Waals surface area contributed by atoms with Crippen LogP contribution in [0.3, 0.4) is 0 Å². The summed E-state index contributed by atoms with van der Waals surface area (Å²) in [6.45, 7) is 3.28. The highest BCUT2D eigenvalue weighted by atomic mass is 32.2. The lowest BCUT2D eigenvalue weighted by molar-refractivity contribution is -0.124. The molecular formula is C20H24FN3O4S2. The van der Waals surface area contributed by atoms with Gasteiger partial charge in [-0.3, -0.25) is 20.4 Å². The fraction of sp³-hybridized carbons (Fsp3) is 0.400. The van der Waals surface area contributed by atoms with Crippen molar-refractivity contribution in [1.29, 1.82) is 0 Å². The van der Waals surface area contributed by atoms with Gasteiger partial charge >= 0.3 is 0 Å². The van der Waals surface area contributed by atoms with Crippen LogP contribution in [0.25, 0.3) is 0 Å². The standard InChI is InChI=1S/C20H24FN3O4S2/c1-12(2)18(24-30(27,28)17-10-6-4-8-14(17)21)20(26)23-22-19(25)16-11-13-7-3-5-9-15(13)29-16/h4,6,8,10-12,18,24H,3,5,7,9H2,1-2H3,(H,22,25)(H,23,26)/t18-/m0/s1. The van der Waals surface area contributed by atoms with Crippen LogP contribution in [-0.2, 0) is 27.7 Å². The molecule has 1 aromatic carbocycles. The van der Waals surface area contributed by atoms with Crippen molar-refractivity contribution < 1.29 is 22.4 Å². The summed E-state index contributed by atoms with van der Waals surface area (Å²) in [5.74, 6) is -2.55. The number of benzene rings is 1. The maximum atomic E-state index is 13.9. The summed E-state index contributed by atoms with van der Waals surface area (Å²) in [7, 11) is -4.27. The first-order valence-electron chi connectivity index (χ1n) is 9.67. The molecule has 2 amide bonds. The van der Waals surface area contributed by atoms with E-state index in [9.17, 15) is 22.4 Å². The molecule has 0 aliphatic heterocycles. The lowest BCUT2D eigenvalue weighted by atomic mass is 9.99. The van der Waals surface area contributed by atoms with Gasteiger partial charge in [0.15, 0.2) is 0 Å². The average molecular weight is 454 g/mol. The minimum Gasteiger partial charge on any atom is -0.271 e. The van der Waals surface area contributed by atoms with Crippen LogP contribution in [0.15, 0.2) is 35.2 Å². The number of rotatable bonds is 6. The number of amides is 2. The Morgan fingerprint density at radius 1 is 1.10 bits per heavy atom. The van der Waals surface area contributed by atoms with Crippen molar-refractivity contribution in [2.24, 2.45) is 5.92 Å². The Labute approximate surface area is 179 Å². The first-order chi connectivity index (χ1) is 14.2. The zero-order valence-corrected chi connectivity index (χ0v) is 18.3. The Hall–Kier alpha value is -2.30. The molecule has 10 heteroatoms. The van der Waals surface area contributed by atoms with Crippen molar-refractivity contribution in [3.63, 3.8) is 0 Å². The largest absolute Gasteiger partial charge is 0.279 e. The van der Waals surface area contributed by atoms with Crippen molar-refractivity contribution in [1.82, 2.24) is 15.6 Å². The van der Waals surface area contributed by atoms with Crippen molar-refractivity contribution in [2.75, 3.05) is 0 Å². The van der Waals surface area contributed by atoms with Gasteiger partial charge in [0.2, 0.25) is 10.0 Å². The van der Waals surface area contributed by atoms with Gasteiger partial charge < -0.3 is 0 Å². The van der Waals surface area contributed by atoms with E-state index in [2.05, 4.69) is 15.6 Å². The van der Waals surface area contributed by atoms with Gasteiger partial charge in [0, 0.05) is 4.88 Å². The molecular weight excluding hydrogens is 429 g/mol. The maximum Gasteiger partial charge on any atom is 0.279 e. The van der Waals surface area contributed by atoms with Crippen LogP contribution in [0.2, 0.25) is 0 Å². The first kappa shape index (κ1) is 22.4. The van der Waals surface area contributed by atoms with Crippen molar-refractivity contribution in [3.05, 3.63) is 51.5 Å². The summed E-state index contributed by atoms with van der Waals surface area (Å²) in [6, 6.07) is 5.54. The Balaban J connectivity index is 1.66. The quantitative estimate of drug-likeness (QED) is 0.585. The summed E-state index contributed by atoms with van der Waals surface area (Å²) in [5.41, 5.74) is 5.79. The fourth-order valence-corrected chi connectivity index (χ4v) is 5.82. The Morgan fingerprint density at radius 2 is 1.80 bits per heavy atom. The van der Waals surface area contributed by atoms with E-state index >= 15 is 0 Å². The van der Waals surface area contributed by atoms with Crippen LogP contribution in [0.1, 0.15) is 46.8 Å². The van der Waals surface area contributed by atoms with Gasteiger partial charge in [-0.1, -0.05) is 26.0 Å². The van der Waals surface area contributed by atoms with Gasteiger partial charge in [-0.25, -0.2) is 12.8 Å². The van der Waals surface area contributed by atoms with Crippen molar-refractivity contribution in [2.45, 2.75) is 50.5 Å². The molecule has 2 aromatic rings. The van der Waals surface area contributed by atoms with Crippen LogP contribution >= 0.6 is 11.3 Å². The molecule has 0 fully saturated rings. The minimum absolute atomic E-state index is 0.447. The van der Waals surface area contributed by atoms with E-state index in [0.29, 0.717) is 4.88 Å². The molecule has 1 aliphatic carbocycles. The second kappa shape index (κ2) is 9.23. The molecule has 1 aromatic heterocycles. The van der Waals surface area contributed by atoms with E-state index in [1.165, 1.54) is 33.9 Å². The molecule has 1 heterocycles. The number of carbonyl (C=O) groups is 2. The zero-order valence-electron chi connectivity index (χ0n) is 16.7. The highest BCUT2D eigenvalue weighted by molar-refractivity contribution is 7.89. The van der Waals surface area contributed by atoms with E-state index in [-0.39, 0.29) is 0 Å². The number of aryl methyl sites for hydroxylation is 2. The monoisotopic (exact) mass is 453 g/mol.